The highest BCUT2D eigenvalue weighted by Crippen LogP contribution is 2.29. The van der Waals surface area contributed by atoms with E-state index in [0.717, 1.165) is 12.8 Å². The van der Waals surface area contributed by atoms with E-state index < -0.39 is 11.2 Å². The highest BCUT2D eigenvalue weighted by atomic mass is 16.5. The summed E-state index contributed by atoms with van der Waals surface area (Å²) in [6, 6.07) is 8.56. The molecule has 1 aliphatic carbocycles. The Morgan fingerprint density at radius 2 is 1.85 bits per heavy atom. The van der Waals surface area contributed by atoms with Crippen molar-refractivity contribution >= 4 is 13.0 Å². The number of hydrogen-bond acceptors (Lipinski definition) is 2. The number of fused-ring (bicyclic) bond motifs is 1. The quantitative estimate of drug-likeness (QED) is 0.852. The minimum Gasteiger partial charge on any atom is -0.427 e. The lowest BCUT2D eigenvalue weighted by atomic mass is 9.77. The smallest absolute Gasteiger partial charge is 0.309 e. The highest BCUT2D eigenvalue weighted by Gasteiger charge is 2.36. The molecule has 2 nitrogen and oxygen atoms in total. The van der Waals surface area contributed by atoms with Gasteiger partial charge in [0.1, 0.15) is 0 Å². The second-order valence-corrected chi connectivity index (χ2v) is 6.64. The average Bonchev–Trinajstić information content (AvgIpc) is 2.57. The Hall–Kier alpha value is -1.06. The normalized spacial score (nSPS) is 16.1. The molecule has 0 unspecified atom stereocenters. The maximum absolute atomic E-state index is 10.2. The van der Waals surface area contributed by atoms with Crippen LogP contribution in [0.2, 0.25) is 0 Å². The van der Waals surface area contributed by atoms with Gasteiger partial charge in [-0.1, -0.05) is 30.3 Å². The monoisotopic (exact) mass is 272 g/mol. The van der Waals surface area contributed by atoms with Crippen LogP contribution in [0.3, 0.4) is 0 Å². The van der Waals surface area contributed by atoms with E-state index in [1.54, 1.807) is 13.8 Å². The molecular weight excluding hydrogens is 247 g/mol. The molecule has 1 aromatic rings. The first-order valence-electron chi connectivity index (χ1n) is 7.45. The lowest BCUT2D eigenvalue weighted by Gasteiger charge is -2.38. The van der Waals surface area contributed by atoms with Crippen LogP contribution in [0.25, 0.3) is 5.47 Å². The van der Waals surface area contributed by atoms with Crippen molar-refractivity contribution in [3.8, 4) is 0 Å². The van der Waals surface area contributed by atoms with Gasteiger partial charge in [-0.3, -0.25) is 0 Å². The standard InChI is InChI=1S/C17H25BO2/c1-16(2,19)17(3,4)20-18-15-12-8-6-10-13-9-5-7-11-14(13)15/h5,7,9,11-12,18-19H,6,8,10H2,1-4H3. The molecule has 0 aliphatic heterocycles. The second-order valence-electron chi connectivity index (χ2n) is 6.64. The van der Waals surface area contributed by atoms with Crippen LogP contribution in [0.4, 0.5) is 0 Å². The fourth-order valence-corrected chi connectivity index (χ4v) is 2.30. The van der Waals surface area contributed by atoms with Crippen molar-refractivity contribution in [3.05, 3.63) is 41.5 Å². The molecule has 0 amide bonds. The Kier molecular flexibility index (Phi) is 4.41. The molecular formula is C17H25BO2. The summed E-state index contributed by atoms with van der Waals surface area (Å²) in [5, 5.41) is 10.2. The van der Waals surface area contributed by atoms with E-state index in [-0.39, 0.29) is 0 Å². The average molecular weight is 272 g/mol. The molecule has 0 spiro atoms. The molecule has 0 heterocycles. The van der Waals surface area contributed by atoms with Gasteiger partial charge >= 0.3 is 7.48 Å². The molecule has 0 bridgehead atoms. The van der Waals surface area contributed by atoms with Crippen molar-refractivity contribution in [1.29, 1.82) is 0 Å². The molecule has 0 radical (unpaired) electrons. The minimum absolute atomic E-state index is 0.550. The van der Waals surface area contributed by atoms with Crippen molar-refractivity contribution in [2.75, 3.05) is 0 Å². The number of benzene rings is 1. The predicted octanol–water partition coefficient (Wildman–Crippen LogP) is 3.28. The molecule has 1 aromatic carbocycles. The fourth-order valence-electron chi connectivity index (χ4n) is 2.30. The van der Waals surface area contributed by atoms with Crippen LogP contribution >= 0.6 is 0 Å². The summed E-state index contributed by atoms with van der Waals surface area (Å²) >= 11 is 0. The number of aliphatic hydroxyl groups is 1. The zero-order valence-corrected chi connectivity index (χ0v) is 13.1. The van der Waals surface area contributed by atoms with Gasteiger partial charge in [0.05, 0.1) is 11.2 Å². The van der Waals surface area contributed by atoms with E-state index in [0.29, 0.717) is 7.48 Å². The maximum Gasteiger partial charge on any atom is 0.309 e. The number of allylic oxidation sites excluding steroid dienone is 1. The minimum atomic E-state index is -0.863. The molecule has 0 fully saturated rings. The molecule has 20 heavy (non-hydrogen) atoms. The summed E-state index contributed by atoms with van der Waals surface area (Å²) in [6.45, 7) is 7.47. The van der Waals surface area contributed by atoms with Crippen molar-refractivity contribution in [3.63, 3.8) is 0 Å². The van der Waals surface area contributed by atoms with Crippen LogP contribution in [-0.2, 0) is 11.1 Å². The van der Waals surface area contributed by atoms with Crippen molar-refractivity contribution < 1.29 is 9.76 Å². The van der Waals surface area contributed by atoms with Gasteiger partial charge in [0.15, 0.2) is 0 Å². The van der Waals surface area contributed by atoms with E-state index in [1.165, 1.54) is 23.0 Å². The molecule has 0 saturated carbocycles. The first kappa shape index (κ1) is 15.3. The van der Waals surface area contributed by atoms with E-state index in [2.05, 4.69) is 30.3 Å². The zero-order valence-electron chi connectivity index (χ0n) is 13.1. The van der Waals surface area contributed by atoms with Crippen LogP contribution in [0.15, 0.2) is 30.3 Å². The van der Waals surface area contributed by atoms with Crippen LogP contribution in [0, 0.1) is 0 Å². The van der Waals surface area contributed by atoms with Crippen LogP contribution in [0.1, 0.15) is 51.7 Å². The third-order valence-electron chi connectivity index (χ3n) is 4.47. The zero-order chi connectivity index (χ0) is 14.8. The first-order valence-corrected chi connectivity index (χ1v) is 7.45. The third-order valence-corrected chi connectivity index (χ3v) is 4.47. The summed E-state index contributed by atoms with van der Waals surface area (Å²) in [7, 11) is 0.550. The Labute approximate surface area is 123 Å². The number of rotatable bonds is 4. The third kappa shape index (κ3) is 3.33. The van der Waals surface area contributed by atoms with E-state index >= 15 is 0 Å². The molecule has 1 N–H and O–H groups in total. The summed E-state index contributed by atoms with van der Waals surface area (Å²) in [6.07, 6.45) is 5.70. The molecule has 0 saturated heterocycles. The second kappa shape index (κ2) is 5.75. The summed E-state index contributed by atoms with van der Waals surface area (Å²) in [5.74, 6) is 0. The first-order chi connectivity index (χ1) is 9.31. The lowest BCUT2D eigenvalue weighted by molar-refractivity contribution is -0.0892. The van der Waals surface area contributed by atoms with Gasteiger partial charge in [-0.2, -0.15) is 0 Å². The van der Waals surface area contributed by atoms with Gasteiger partial charge in [0.2, 0.25) is 0 Å². The molecule has 0 atom stereocenters. The predicted molar refractivity (Wildman–Crippen MR) is 86.0 cm³/mol. The molecule has 108 valence electrons. The van der Waals surface area contributed by atoms with Gasteiger partial charge < -0.3 is 9.76 Å². The van der Waals surface area contributed by atoms with Gasteiger partial charge in [0, 0.05) is 0 Å². The Bertz CT molecular complexity index is 498. The van der Waals surface area contributed by atoms with Crippen molar-refractivity contribution in [2.24, 2.45) is 0 Å². The van der Waals surface area contributed by atoms with Crippen molar-refractivity contribution in [2.45, 2.75) is 58.2 Å². The van der Waals surface area contributed by atoms with Crippen LogP contribution in [0.5, 0.6) is 0 Å². The van der Waals surface area contributed by atoms with Gasteiger partial charge in [0.25, 0.3) is 0 Å². The Morgan fingerprint density at radius 3 is 2.55 bits per heavy atom. The van der Waals surface area contributed by atoms with Gasteiger partial charge in [-0.15, -0.1) is 0 Å². The van der Waals surface area contributed by atoms with Gasteiger partial charge in [-0.05, 0) is 63.6 Å². The summed E-state index contributed by atoms with van der Waals surface area (Å²) in [5.41, 5.74) is 2.51. The summed E-state index contributed by atoms with van der Waals surface area (Å²) in [4.78, 5) is 0. The Balaban J connectivity index is 2.16. The highest BCUT2D eigenvalue weighted by molar-refractivity contribution is 6.55. The lowest BCUT2D eigenvalue weighted by Crippen LogP contribution is -2.48. The molecule has 0 aromatic heterocycles. The number of aryl methyl sites for hydroxylation is 1. The number of hydrogen-bond donors (Lipinski definition) is 1. The van der Waals surface area contributed by atoms with Gasteiger partial charge in [-0.25, -0.2) is 0 Å². The summed E-state index contributed by atoms with van der Waals surface area (Å²) < 4.78 is 6.03. The molecule has 3 heteroatoms. The van der Waals surface area contributed by atoms with E-state index in [9.17, 15) is 5.11 Å². The maximum atomic E-state index is 10.2. The van der Waals surface area contributed by atoms with Crippen LogP contribution < -0.4 is 0 Å². The molecule has 2 rings (SSSR count). The largest absolute Gasteiger partial charge is 0.427 e. The molecule has 1 aliphatic rings. The Morgan fingerprint density at radius 1 is 1.15 bits per heavy atom. The van der Waals surface area contributed by atoms with Crippen molar-refractivity contribution in [1.82, 2.24) is 0 Å². The van der Waals surface area contributed by atoms with Crippen LogP contribution in [-0.4, -0.2) is 23.8 Å². The topological polar surface area (TPSA) is 29.5 Å². The van der Waals surface area contributed by atoms with E-state index in [1.807, 2.05) is 13.8 Å². The SMILES string of the molecule is CC(C)(O)C(C)(C)OBC1=CCCCc2ccccc21. The van der Waals surface area contributed by atoms with E-state index in [4.69, 9.17) is 4.65 Å². The fraction of sp³-hybridized carbons (Fsp3) is 0.529.